The number of unbranched alkanes of at least 4 members (excludes halogenated alkanes) is 1. The standard InChI is InChI=1S/C10H15N.C8H14O/c1-2-3-9-11-10-7-5-4-6-8-10;1-5-7(3)9-8(4)6-2/h4-8,11H,2-3,9H2,1H3;5-8H,1-2H2,3-4H3. The Hall–Kier alpha value is -1.54. The van der Waals surface area contributed by atoms with E-state index in [1.807, 2.05) is 32.0 Å². The van der Waals surface area contributed by atoms with Crippen LogP contribution in [0.4, 0.5) is 5.69 Å². The number of benzene rings is 1. The maximum absolute atomic E-state index is 5.31. The fraction of sp³-hybridized carbons (Fsp3) is 0.444. The van der Waals surface area contributed by atoms with Crippen molar-refractivity contribution in [1.29, 1.82) is 0 Å². The van der Waals surface area contributed by atoms with E-state index in [4.69, 9.17) is 4.74 Å². The molecule has 0 saturated heterocycles. The third-order valence-electron chi connectivity index (χ3n) is 2.73. The third kappa shape index (κ3) is 10.4. The molecule has 20 heavy (non-hydrogen) atoms. The Balaban J connectivity index is 0.000000370. The van der Waals surface area contributed by atoms with Gasteiger partial charge in [-0.3, -0.25) is 0 Å². The highest BCUT2D eigenvalue weighted by Gasteiger charge is 1.98. The molecule has 1 rings (SSSR count). The van der Waals surface area contributed by atoms with Crippen molar-refractivity contribution in [2.75, 3.05) is 11.9 Å². The summed E-state index contributed by atoms with van der Waals surface area (Å²) >= 11 is 0. The molecule has 2 nitrogen and oxygen atoms in total. The van der Waals surface area contributed by atoms with Crippen LogP contribution >= 0.6 is 0 Å². The van der Waals surface area contributed by atoms with Gasteiger partial charge in [-0.15, -0.1) is 13.2 Å². The van der Waals surface area contributed by atoms with E-state index < -0.39 is 0 Å². The summed E-state index contributed by atoms with van der Waals surface area (Å²) in [5.74, 6) is 0. The van der Waals surface area contributed by atoms with Gasteiger partial charge >= 0.3 is 0 Å². The van der Waals surface area contributed by atoms with Gasteiger partial charge in [0.25, 0.3) is 0 Å². The summed E-state index contributed by atoms with van der Waals surface area (Å²) < 4.78 is 5.31. The van der Waals surface area contributed by atoms with Crippen molar-refractivity contribution in [1.82, 2.24) is 0 Å². The molecule has 0 spiro atoms. The third-order valence-corrected chi connectivity index (χ3v) is 2.73. The van der Waals surface area contributed by atoms with Gasteiger partial charge in [0.05, 0.1) is 12.2 Å². The minimum Gasteiger partial charge on any atom is -0.385 e. The summed E-state index contributed by atoms with van der Waals surface area (Å²) in [4.78, 5) is 0. The van der Waals surface area contributed by atoms with Crippen molar-refractivity contribution < 1.29 is 4.74 Å². The first-order valence-electron chi connectivity index (χ1n) is 7.33. The Bertz CT molecular complexity index is 336. The molecule has 0 fully saturated rings. The average Bonchev–Trinajstić information content (AvgIpc) is 2.49. The molecule has 1 N–H and O–H groups in total. The van der Waals surface area contributed by atoms with Crippen molar-refractivity contribution in [3.05, 3.63) is 55.6 Å². The van der Waals surface area contributed by atoms with Crippen LogP contribution in [0, 0.1) is 0 Å². The predicted molar refractivity (Wildman–Crippen MR) is 90.2 cm³/mol. The molecule has 1 aromatic rings. The van der Waals surface area contributed by atoms with E-state index in [1.165, 1.54) is 18.5 Å². The first-order valence-corrected chi connectivity index (χ1v) is 7.33. The van der Waals surface area contributed by atoms with Crippen LogP contribution in [0.2, 0.25) is 0 Å². The van der Waals surface area contributed by atoms with Gasteiger partial charge in [0.15, 0.2) is 0 Å². The zero-order valence-corrected chi connectivity index (χ0v) is 13.1. The molecule has 2 atom stereocenters. The molecule has 0 bridgehead atoms. The lowest BCUT2D eigenvalue weighted by Gasteiger charge is -2.11. The predicted octanol–water partition coefficient (Wildman–Crippen LogP) is 5.05. The van der Waals surface area contributed by atoms with E-state index in [2.05, 4.69) is 37.5 Å². The highest BCUT2D eigenvalue weighted by molar-refractivity contribution is 5.42. The van der Waals surface area contributed by atoms with Crippen molar-refractivity contribution >= 4 is 5.69 Å². The van der Waals surface area contributed by atoms with Gasteiger partial charge in [0.2, 0.25) is 0 Å². The topological polar surface area (TPSA) is 21.3 Å². The quantitative estimate of drug-likeness (QED) is 0.529. The van der Waals surface area contributed by atoms with Crippen LogP contribution in [0.5, 0.6) is 0 Å². The highest BCUT2D eigenvalue weighted by Crippen LogP contribution is 2.04. The smallest absolute Gasteiger partial charge is 0.0732 e. The van der Waals surface area contributed by atoms with Crippen LogP contribution in [0.15, 0.2) is 55.6 Å². The van der Waals surface area contributed by atoms with E-state index in [-0.39, 0.29) is 12.2 Å². The Morgan fingerprint density at radius 1 is 1.10 bits per heavy atom. The lowest BCUT2D eigenvalue weighted by atomic mass is 10.3. The summed E-state index contributed by atoms with van der Waals surface area (Å²) in [6, 6.07) is 10.3. The Labute approximate surface area is 124 Å². The van der Waals surface area contributed by atoms with E-state index in [0.29, 0.717) is 0 Å². The van der Waals surface area contributed by atoms with Crippen LogP contribution in [-0.2, 0) is 4.74 Å². The molecule has 0 aliphatic rings. The molecule has 2 unspecified atom stereocenters. The van der Waals surface area contributed by atoms with Crippen molar-refractivity contribution in [2.24, 2.45) is 0 Å². The number of hydrogen-bond acceptors (Lipinski definition) is 2. The summed E-state index contributed by atoms with van der Waals surface area (Å²) in [5, 5.41) is 3.35. The molecule has 0 radical (unpaired) electrons. The summed E-state index contributed by atoms with van der Waals surface area (Å²) in [7, 11) is 0. The molecular weight excluding hydrogens is 246 g/mol. The Morgan fingerprint density at radius 2 is 1.65 bits per heavy atom. The molecule has 1 aromatic carbocycles. The number of hydrogen-bond donors (Lipinski definition) is 1. The van der Waals surface area contributed by atoms with Gasteiger partial charge in [0, 0.05) is 12.2 Å². The number of ether oxygens (including phenoxy) is 1. The van der Waals surface area contributed by atoms with E-state index in [0.717, 1.165) is 6.54 Å². The van der Waals surface area contributed by atoms with E-state index in [1.54, 1.807) is 12.2 Å². The molecule has 0 amide bonds. The molecule has 0 heterocycles. The van der Waals surface area contributed by atoms with Gasteiger partial charge < -0.3 is 10.1 Å². The van der Waals surface area contributed by atoms with Gasteiger partial charge in [-0.25, -0.2) is 0 Å². The first-order chi connectivity index (χ1) is 9.63. The molecular formula is C18H29NO. The van der Waals surface area contributed by atoms with Gasteiger partial charge in [-0.05, 0) is 32.4 Å². The maximum atomic E-state index is 5.31. The van der Waals surface area contributed by atoms with Gasteiger partial charge in [0.1, 0.15) is 0 Å². The second kappa shape index (κ2) is 12.5. The number of nitrogens with one attached hydrogen (secondary N) is 1. The largest absolute Gasteiger partial charge is 0.385 e. The second-order valence-corrected chi connectivity index (χ2v) is 4.66. The summed E-state index contributed by atoms with van der Waals surface area (Å²) in [6.07, 6.45) is 6.27. The molecule has 2 heteroatoms. The fourth-order valence-electron chi connectivity index (χ4n) is 1.42. The fourth-order valence-corrected chi connectivity index (χ4v) is 1.42. The van der Waals surface area contributed by atoms with Crippen LogP contribution in [0.3, 0.4) is 0 Å². The van der Waals surface area contributed by atoms with E-state index >= 15 is 0 Å². The molecule has 0 aliphatic carbocycles. The lowest BCUT2D eigenvalue weighted by molar-refractivity contribution is 0.0635. The van der Waals surface area contributed by atoms with Crippen molar-refractivity contribution in [2.45, 2.75) is 45.8 Å². The van der Waals surface area contributed by atoms with Gasteiger partial charge in [-0.1, -0.05) is 43.7 Å². The van der Waals surface area contributed by atoms with Crippen molar-refractivity contribution in [3.63, 3.8) is 0 Å². The maximum Gasteiger partial charge on any atom is 0.0732 e. The first kappa shape index (κ1) is 18.5. The van der Waals surface area contributed by atoms with Gasteiger partial charge in [-0.2, -0.15) is 0 Å². The normalized spacial score (nSPS) is 12.6. The number of anilines is 1. The zero-order valence-electron chi connectivity index (χ0n) is 13.1. The van der Waals surface area contributed by atoms with Crippen LogP contribution in [0.1, 0.15) is 33.6 Å². The summed E-state index contributed by atoms with van der Waals surface area (Å²) in [5.41, 5.74) is 1.22. The van der Waals surface area contributed by atoms with Crippen LogP contribution in [0.25, 0.3) is 0 Å². The highest BCUT2D eigenvalue weighted by atomic mass is 16.5. The lowest BCUT2D eigenvalue weighted by Crippen LogP contribution is -2.11. The monoisotopic (exact) mass is 275 g/mol. The van der Waals surface area contributed by atoms with Crippen LogP contribution < -0.4 is 5.32 Å². The molecule has 0 aliphatic heterocycles. The Morgan fingerprint density at radius 3 is 2.10 bits per heavy atom. The zero-order chi connectivity index (χ0) is 15.2. The average molecular weight is 275 g/mol. The summed E-state index contributed by atoms with van der Waals surface area (Å²) in [6.45, 7) is 14.4. The molecule has 112 valence electrons. The van der Waals surface area contributed by atoms with E-state index in [9.17, 15) is 0 Å². The van der Waals surface area contributed by atoms with Crippen LogP contribution in [-0.4, -0.2) is 18.8 Å². The second-order valence-electron chi connectivity index (χ2n) is 4.66. The molecule has 0 saturated carbocycles. The minimum atomic E-state index is 0.123. The Kier molecular flexibility index (Phi) is 11.5. The number of para-hydroxylation sites is 1. The minimum absolute atomic E-state index is 0.123. The SMILES string of the molecule is C=CC(C)OC(C)C=C.CCCCNc1ccccc1. The number of rotatable bonds is 8. The van der Waals surface area contributed by atoms with Crippen molar-refractivity contribution in [3.8, 4) is 0 Å². The molecule has 0 aromatic heterocycles.